The Balaban J connectivity index is 2.44. The fraction of sp³-hybridized carbons (Fsp3) is 0.200. The number of methoxy groups -OCH3 is 1. The summed E-state index contributed by atoms with van der Waals surface area (Å²) in [6.45, 7) is 1.91. The SMILES string of the molecule is COc1cc(C(O)c2cccc(Br)c2F)ccc1C. The Kier molecular flexibility index (Phi) is 4.22. The first kappa shape index (κ1) is 14.0. The van der Waals surface area contributed by atoms with Crippen LogP contribution in [0.25, 0.3) is 0 Å². The number of benzene rings is 2. The Hall–Kier alpha value is -1.39. The molecule has 2 aromatic rings. The molecule has 2 aromatic carbocycles. The van der Waals surface area contributed by atoms with Gasteiger partial charge in [-0.1, -0.05) is 24.3 Å². The van der Waals surface area contributed by atoms with Crippen LogP contribution in [-0.2, 0) is 0 Å². The van der Waals surface area contributed by atoms with Gasteiger partial charge in [0, 0.05) is 5.56 Å². The Morgan fingerprint density at radius 2 is 2.00 bits per heavy atom. The van der Waals surface area contributed by atoms with Crippen LogP contribution in [0.4, 0.5) is 4.39 Å². The van der Waals surface area contributed by atoms with Crippen LogP contribution in [0.15, 0.2) is 40.9 Å². The highest BCUT2D eigenvalue weighted by Gasteiger charge is 2.17. The monoisotopic (exact) mass is 324 g/mol. The van der Waals surface area contributed by atoms with E-state index in [-0.39, 0.29) is 5.56 Å². The second kappa shape index (κ2) is 5.72. The zero-order valence-corrected chi connectivity index (χ0v) is 12.2. The molecule has 100 valence electrons. The lowest BCUT2D eigenvalue weighted by Gasteiger charge is -2.15. The van der Waals surface area contributed by atoms with Crippen molar-refractivity contribution in [1.29, 1.82) is 0 Å². The van der Waals surface area contributed by atoms with Gasteiger partial charge in [0.05, 0.1) is 11.6 Å². The van der Waals surface area contributed by atoms with Crippen LogP contribution < -0.4 is 4.74 Å². The number of aliphatic hydroxyl groups is 1. The summed E-state index contributed by atoms with van der Waals surface area (Å²) in [6, 6.07) is 10.2. The van der Waals surface area contributed by atoms with Crippen molar-refractivity contribution in [2.45, 2.75) is 13.0 Å². The van der Waals surface area contributed by atoms with Crippen LogP contribution >= 0.6 is 15.9 Å². The highest BCUT2D eigenvalue weighted by atomic mass is 79.9. The lowest BCUT2D eigenvalue weighted by Crippen LogP contribution is -2.03. The van der Waals surface area contributed by atoms with E-state index in [1.54, 1.807) is 37.4 Å². The summed E-state index contributed by atoms with van der Waals surface area (Å²) < 4.78 is 19.5. The zero-order valence-electron chi connectivity index (χ0n) is 10.7. The lowest BCUT2D eigenvalue weighted by atomic mass is 9.99. The number of ether oxygens (including phenoxy) is 1. The lowest BCUT2D eigenvalue weighted by molar-refractivity contribution is 0.214. The van der Waals surface area contributed by atoms with Crippen molar-refractivity contribution in [3.05, 3.63) is 63.4 Å². The number of hydrogen-bond donors (Lipinski definition) is 1. The van der Waals surface area contributed by atoms with Crippen molar-refractivity contribution in [2.24, 2.45) is 0 Å². The predicted molar refractivity (Wildman–Crippen MR) is 75.9 cm³/mol. The van der Waals surface area contributed by atoms with Crippen molar-refractivity contribution in [2.75, 3.05) is 7.11 Å². The highest BCUT2D eigenvalue weighted by molar-refractivity contribution is 9.10. The molecular weight excluding hydrogens is 311 g/mol. The summed E-state index contributed by atoms with van der Waals surface area (Å²) in [4.78, 5) is 0. The molecule has 0 saturated heterocycles. The average molecular weight is 325 g/mol. The standard InChI is InChI=1S/C15H14BrFO2/c1-9-6-7-10(8-13(9)19-2)15(18)11-4-3-5-12(16)14(11)17/h3-8,15,18H,1-2H3. The molecule has 0 aromatic heterocycles. The fourth-order valence-corrected chi connectivity index (χ4v) is 2.30. The summed E-state index contributed by atoms with van der Waals surface area (Å²) in [5.41, 5.74) is 1.80. The van der Waals surface area contributed by atoms with E-state index in [0.717, 1.165) is 5.56 Å². The second-order valence-electron chi connectivity index (χ2n) is 4.27. The maximum atomic E-state index is 14.0. The molecule has 2 nitrogen and oxygen atoms in total. The number of halogens is 2. The highest BCUT2D eigenvalue weighted by Crippen LogP contribution is 2.30. The van der Waals surface area contributed by atoms with Crippen molar-refractivity contribution in [1.82, 2.24) is 0 Å². The third-order valence-corrected chi connectivity index (χ3v) is 3.64. The summed E-state index contributed by atoms with van der Waals surface area (Å²) in [6.07, 6.45) is -1.02. The Bertz CT molecular complexity index is 599. The van der Waals surface area contributed by atoms with E-state index in [1.165, 1.54) is 0 Å². The minimum Gasteiger partial charge on any atom is -0.496 e. The van der Waals surface area contributed by atoms with Gasteiger partial charge in [-0.3, -0.25) is 0 Å². The molecule has 0 aliphatic heterocycles. The van der Waals surface area contributed by atoms with Crippen molar-refractivity contribution in [3.8, 4) is 5.75 Å². The molecule has 0 aliphatic carbocycles. The quantitative estimate of drug-likeness (QED) is 0.925. The van der Waals surface area contributed by atoms with E-state index < -0.39 is 11.9 Å². The first-order valence-electron chi connectivity index (χ1n) is 5.81. The van der Waals surface area contributed by atoms with Crippen molar-refractivity contribution in [3.63, 3.8) is 0 Å². The van der Waals surface area contributed by atoms with Crippen LogP contribution in [0.1, 0.15) is 22.8 Å². The van der Waals surface area contributed by atoms with E-state index in [4.69, 9.17) is 4.74 Å². The van der Waals surface area contributed by atoms with Crippen LogP contribution in [0.2, 0.25) is 0 Å². The average Bonchev–Trinajstić information content (AvgIpc) is 2.41. The molecule has 0 radical (unpaired) electrons. The van der Waals surface area contributed by atoms with Gasteiger partial charge in [-0.15, -0.1) is 0 Å². The van der Waals surface area contributed by atoms with Crippen LogP contribution in [-0.4, -0.2) is 12.2 Å². The molecule has 0 amide bonds. The van der Waals surface area contributed by atoms with Crippen molar-refractivity contribution >= 4 is 15.9 Å². The number of rotatable bonds is 3. The summed E-state index contributed by atoms with van der Waals surface area (Å²) >= 11 is 3.12. The van der Waals surface area contributed by atoms with Crippen molar-refractivity contribution < 1.29 is 14.2 Å². The molecule has 1 atom stereocenters. The minimum absolute atomic E-state index is 0.236. The Morgan fingerprint density at radius 3 is 2.68 bits per heavy atom. The largest absolute Gasteiger partial charge is 0.496 e. The molecule has 0 heterocycles. The Morgan fingerprint density at radius 1 is 1.26 bits per heavy atom. The molecule has 0 spiro atoms. The van der Waals surface area contributed by atoms with E-state index in [0.29, 0.717) is 15.8 Å². The molecule has 1 N–H and O–H groups in total. The number of aryl methyl sites for hydroxylation is 1. The topological polar surface area (TPSA) is 29.5 Å². The Labute approximate surface area is 120 Å². The smallest absolute Gasteiger partial charge is 0.143 e. The molecule has 0 saturated carbocycles. The zero-order chi connectivity index (χ0) is 14.0. The normalized spacial score (nSPS) is 12.3. The maximum absolute atomic E-state index is 14.0. The van der Waals surface area contributed by atoms with Gasteiger partial charge in [0.15, 0.2) is 0 Å². The third-order valence-electron chi connectivity index (χ3n) is 3.02. The minimum atomic E-state index is -1.02. The van der Waals surface area contributed by atoms with E-state index >= 15 is 0 Å². The van der Waals surface area contributed by atoms with Gasteiger partial charge < -0.3 is 9.84 Å². The molecular formula is C15H14BrFO2. The first-order valence-corrected chi connectivity index (χ1v) is 6.60. The van der Waals surface area contributed by atoms with E-state index in [1.807, 2.05) is 13.0 Å². The van der Waals surface area contributed by atoms with E-state index in [2.05, 4.69) is 15.9 Å². The second-order valence-corrected chi connectivity index (χ2v) is 5.13. The molecule has 19 heavy (non-hydrogen) atoms. The third kappa shape index (κ3) is 2.80. The number of aliphatic hydroxyl groups excluding tert-OH is 1. The van der Waals surface area contributed by atoms with E-state index in [9.17, 15) is 9.50 Å². The van der Waals surface area contributed by atoms with Gasteiger partial charge in [-0.2, -0.15) is 0 Å². The fourth-order valence-electron chi connectivity index (χ4n) is 1.92. The molecule has 1 unspecified atom stereocenters. The molecule has 0 fully saturated rings. The van der Waals surface area contributed by atoms with Gasteiger partial charge in [0.2, 0.25) is 0 Å². The van der Waals surface area contributed by atoms with Crippen LogP contribution in [0, 0.1) is 12.7 Å². The summed E-state index contributed by atoms with van der Waals surface area (Å²) in [5.74, 6) is 0.224. The summed E-state index contributed by atoms with van der Waals surface area (Å²) in [7, 11) is 1.57. The van der Waals surface area contributed by atoms with Gasteiger partial charge in [0.25, 0.3) is 0 Å². The molecule has 0 bridgehead atoms. The summed E-state index contributed by atoms with van der Waals surface area (Å²) in [5, 5.41) is 10.3. The van der Waals surface area contributed by atoms with Crippen LogP contribution in [0.5, 0.6) is 5.75 Å². The first-order chi connectivity index (χ1) is 9.04. The molecule has 0 aliphatic rings. The van der Waals surface area contributed by atoms with Gasteiger partial charge in [-0.25, -0.2) is 4.39 Å². The van der Waals surface area contributed by atoms with Crippen LogP contribution in [0.3, 0.4) is 0 Å². The van der Waals surface area contributed by atoms with Gasteiger partial charge in [0.1, 0.15) is 17.7 Å². The maximum Gasteiger partial charge on any atom is 0.143 e. The van der Waals surface area contributed by atoms with Gasteiger partial charge in [-0.05, 0) is 46.1 Å². The van der Waals surface area contributed by atoms with Gasteiger partial charge >= 0.3 is 0 Å². The molecule has 2 rings (SSSR count). The predicted octanol–water partition coefficient (Wildman–Crippen LogP) is 3.99. The molecule has 4 heteroatoms. The number of hydrogen-bond acceptors (Lipinski definition) is 2.